The van der Waals surface area contributed by atoms with Crippen LogP contribution in [0.25, 0.3) is 0 Å². The second kappa shape index (κ2) is 8.05. The molecule has 112 valence electrons. The predicted molar refractivity (Wildman–Crippen MR) is 82.7 cm³/mol. The normalized spacial score (nSPS) is 15.3. The number of benzene rings is 1. The Bertz CT molecular complexity index is 467. The molecule has 0 saturated heterocycles. The van der Waals surface area contributed by atoms with E-state index in [-0.39, 0.29) is 31.4 Å². The first kappa shape index (κ1) is 17.5. The van der Waals surface area contributed by atoms with E-state index in [1.54, 1.807) is 18.2 Å². The molecule has 1 aliphatic rings. The minimum Gasteiger partial charge on any atom is -0.387 e. The fourth-order valence-electron chi connectivity index (χ4n) is 1.68. The summed E-state index contributed by atoms with van der Waals surface area (Å²) in [5.74, 6) is -0.129. The lowest BCUT2D eigenvalue weighted by Crippen LogP contribution is -2.36. The van der Waals surface area contributed by atoms with E-state index in [9.17, 15) is 9.90 Å². The van der Waals surface area contributed by atoms with Crippen LogP contribution in [0, 0.1) is 0 Å². The lowest BCUT2D eigenvalue weighted by molar-refractivity contribution is -0.120. The molecule has 0 spiro atoms. The van der Waals surface area contributed by atoms with Gasteiger partial charge in [-0.25, -0.2) is 0 Å². The molecule has 1 atom stereocenters. The van der Waals surface area contributed by atoms with Crippen molar-refractivity contribution in [3.05, 3.63) is 33.8 Å². The van der Waals surface area contributed by atoms with E-state index >= 15 is 0 Å². The second-order valence-electron chi connectivity index (χ2n) is 4.64. The molecule has 3 N–H and O–H groups in total. The molecule has 7 heteroatoms. The van der Waals surface area contributed by atoms with Crippen LogP contribution >= 0.6 is 35.6 Å². The van der Waals surface area contributed by atoms with Gasteiger partial charge in [0.25, 0.3) is 0 Å². The zero-order chi connectivity index (χ0) is 13.8. The summed E-state index contributed by atoms with van der Waals surface area (Å²) in [5.41, 5.74) is 0.557. The van der Waals surface area contributed by atoms with Crippen molar-refractivity contribution in [2.75, 3.05) is 13.1 Å². The van der Waals surface area contributed by atoms with Crippen LogP contribution in [0.15, 0.2) is 18.2 Å². The van der Waals surface area contributed by atoms with Crippen molar-refractivity contribution in [2.24, 2.45) is 0 Å². The Morgan fingerprint density at radius 3 is 2.70 bits per heavy atom. The quantitative estimate of drug-likeness (QED) is 0.745. The van der Waals surface area contributed by atoms with Crippen molar-refractivity contribution in [1.82, 2.24) is 10.6 Å². The van der Waals surface area contributed by atoms with Crippen LogP contribution < -0.4 is 10.6 Å². The molecule has 1 aliphatic carbocycles. The fraction of sp³-hybridized carbons (Fsp3) is 0.462. The first-order valence-corrected chi connectivity index (χ1v) is 6.95. The number of aliphatic hydroxyl groups is 1. The Labute approximate surface area is 134 Å². The highest BCUT2D eigenvalue weighted by atomic mass is 35.5. The first-order chi connectivity index (χ1) is 9.06. The van der Waals surface area contributed by atoms with Gasteiger partial charge in [0.2, 0.25) is 5.91 Å². The van der Waals surface area contributed by atoms with E-state index in [4.69, 9.17) is 23.2 Å². The van der Waals surface area contributed by atoms with Crippen molar-refractivity contribution in [3.63, 3.8) is 0 Å². The van der Waals surface area contributed by atoms with Gasteiger partial charge in [0.05, 0.1) is 12.6 Å². The first-order valence-electron chi connectivity index (χ1n) is 6.19. The van der Waals surface area contributed by atoms with Crippen molar-refractivity contribution in [3.8, 4) is 0 Å². The molecule has 1 aromatic rings. The van der Waals surface area contributed by atoms with Gasteiger partial charge in [-0.15, -0.1) is 12.4 Å². The average Bonchev–Trinajstić information content (AvgIpc) is 3.17. The van der Waals surface area contributed by atoms with E-state index in [0.29, 0.717) is 21.7 Å². The standard InChI is InChI=1S/C13H16Cl2N2O2.ClH/c14-8-1-4-10(11(15)5-8)12(18)6-17-13(19)7-16-9-2-3-9;/h1,4-5,9,12,16,18H,2-3,6-7H2,(H,17,19);1H. The molecular formula is C13H17Cl3N2O2. The Hall–Kier alpha value is -0.520. The van der Waals surface area contributed by atoms with Crippen molar-refractivity contribution in [1.29, 1.82) is 0 Å². The summed E-state index contributed by atoms with van der Waals surface area (Å²) in [5, 5.41) is 16.6. The maximum absolute atomic E-state index is 11.5. The summed E-state index contributed by atoms with van der Waals surface area (Å²) in [7, 11) is 0. The molecule has 20 heavy (non-hydrogen) atoms. The molecule has 0 aromatic heterocycles. The number of hydrogen-bond donors (Lipinski definition) is 3. The molecule has 0 heterocycles. The average molecular weight is 340 g/mol. The zero-order valence-electron chi connectivity index (χ0n) is 10.7. The van der Waals surface area contributed by atoms with Crippen LogP contribution in [0.3, 0.4) is 0 Å². The number of aliphatic hydroxyl groups excluding tert-OH is 1. The summed E-state index contributed by atoms with van der Waals surface area (Å²) < 4.78 is 0. The Morgan fingerprint density at radius 1 is 1.40 bits per heavy atom. The van der Waals surface area contributed by atoms with Crippen LogP contribution in [0.2, 0.25) is 10.0 Å². The topological polar surface area (TPSA) is 61.4 Å². The molecule has 1 saturated carbocycles. The number of rotatable bonds is 6. The molecule has 0 aliphatic heterocycles. The summed E-state index contributed by atoms with van der Waals surface area (Å²) in [6, 6.07) is 5.37. The Kier molecular flexibility index (Phi) is 7.06. The van der Waals surface area contributed by atoms with Crippen molar-refractivity contribution in [2.45, 2.75) is 25.0 Å². The number of carbonyl (C=O) groups excluding carboxylic acids is 1. The molecule has 2 rings (SSSR count). The van der Waals surface area contributed by atoms with Gasteiger partial charge in [0.1, 0.15) is 0 Å². The number of amides is 1. The lowest BCUT2D eigenvalue weighted by atomic mass is 10.1. The molecule has 1 fully saturated rings. The van der Waals surface area contributed by atoms with Crippen LogP contribution in [-0.4, -0.2) is 30.1 Å². The minimum absolute atomic E-state index is 0. The van der Waals surface area contributed by atoms with E-state index in [0.717, 1.165) is 12.8 Å². The number of carbonyl (C=O) groups is 1. The third-order valence-electron chi connectivity index (χ3n) is 2.94. The monoisotopic (exact) mass is 338 g/mol. The summed E-state index contributed by atoms with van der Waals surface area (Å²) in [4.78, 5) is 11.5. The van der Waals surface area contributed by atoms with Gasteiger partial charge in [-0.1, -0.05) is 29.3 Å². The van der Waals surface area contributed by atoms with Crippen LogP contribution in [0.1, 0.15) is 24.5 Å². The summed E-state index contributed by atoms with van der Waals surface area (Å²) in [6.45, 7) is 0.415. The van der Waals surface area contributed by atoms with Crippen LogP contribution in [-0.2, 0) is 4.79 Å². The number of nitrogens with one attached hydrogen (secondary N) is 2. The van der Waals surface area contributed by atoms with Gasteiger partial charge in [-0.3, -0.25) is 4.79 Å². The second-order valence-corrected chi connectivity index (χ2v) is 5.48. The van der Waals surface area contributed by atoms with Crippen molar-refractivity contribution < 1.29 is 9.90 Å². The van der Waals surface area contributed by atoms with Crippen LogP contribution in [0.5, 0.6) is 0 Å². The highest BCUT2D eigenvalue weighted by molar-refractivity contribution is 6.35. The predicted octanol–water partition coefficient (Wildman–Crippen LogP) is 2.32. The number of halogens is 3. The van der Waals surface area contributed by atoms with E-state index in [1.807, 2.05) is 0 Å². The molecule has 1 amide bonds. The van der Waals surface area contributed by atoms with Gasteiger partial charge in [0, 0.05) is 28.2 Å². The maximum atomic E-state index is 11.5. The third kappa shape index (κ3) is 5.46. The van der Waals surface area contributed by atoms with E-state index in [2.05, 4.69) is 10.6 Å². The third-order valence-corrected chi connectivity index (χ3v) is 3.51. The lowest BCUT2D eigenvalue weighted by Gasteiger charge is -2.14. The summed E-state index contributed by atoms with van der Waals surface area (Å²) in [6.07, 6.45) is 1.43. The van der Waals surface area contributed by atoms with Crippen LogP contribution in [0.4, 0.5) is 0 Å². The van der Waals surface area contributed by atoms with E-state index < -0.39 is 6.10 Å². The SMILES string of the molecule is Cl.O=C(CNC1CC1)NCC(O)c1ccc(Cl)cc1Cl. The smallest absolute Gasteiger partial charge is 0.234 e. The minimum atomic E-state index is -0.838. The Balaban J connectivity index is 0.00000200. The maximum Gasteiger partial charge on any atom is 0.234 e. The molecule has 0 bridgehead atoms. The molecule has 0 radical (unpaired) electrons. The highest BCUT2D eigenvalue weighted by Gasteiger charge is 2.21. The van der Waals surface area contributed by atoms with Gasteiger partial charge < -0.3 is 15.7 Å². The Morgan fingerprint density at radius 2 is 2.10 bits per heavy atom. The summed E-state index contributed by atoms with van der Waals surface area (Å²) >= 11 is 11.8. The van der Waals surface area contributed by atoms with E-state index in [1.165, 1.54) is 0 Å². The number of hydrogen-bond acceptors (Lipinski definition) is 3. The highest BCUT2D eigenvalue weighted by Crippen LogP contribution is 2.25. The molecule has 4 nitrogen and oxygen atoms in total. The largest absolute Gasteiger partial charge is 0.387 e. The molecule has 1 unspecified atom stereocenters. The van der Waals surface area contributed by atoms with Gasteiger partial charge in [-0.05, 0) is 25.0 Å². The van der Waals surface area contributed by atoms with Gasteiger partial charge in [0.15, 0.2) is 0 Å². The zero-order valence-corrected chi connectivity index (χ0v) is 13.1. The van der Waals surface area contributed by atoms with Gasteiger partial charge in [-0.2, -0.15) is 0 Å². The van der Waals surface area contributed by atoms with Crippen molar-refractivity contribution >= 4 is 41.5 Å². The van der Waals surface area contributed by atoms with Gasteiger partial charge >= 0.3 is 0 Å². The fourth-order valence-corrected chi connectivity index (χ4v) is 2.21. The molecular weight excluding hydrogens is 323 g/mol. The molecule has 1 aromatic carbocycles.